The molecule has 0 fully saturated rings. The van der Waals surface area contributed by atoms with Crippen LogP contribution in [-0.4, -0.2) is 25.3 Å². The molecule has 0 aliphatic rings. The lowest BCUT2D eigenvalue weighted by Crippen LogP contribution is -1.88. The average Bonchev–Trinajstić information content (AvgIpc) is 3.39. The van der Waals surface area contributed by atoms with Gasteiger partial charge in [-0.3, -0.25) is 10.1 Å². The van der Waals surface area contributed by atoms with Crippen LogP contribution in [0, 0.1) is 10.1 Å². The third-order valence-electron chi connectivity index (χ3n) is 3.82. The molecule has 1 unspecified atom stereocenters. The topological polar surface area (TPSA) is 121 Å². The van der Waals surface area contributed by atoms with Gasteiger partial charge in [-0.1, -0.05) is 30.0 Å². The maximum atomic E-state index is 10.7. The van der Waals surface area contributed by atoms with Gasteiger partial charge >= 0.3 is 0 Å². The smallest absolute Gasteiger partial charge is 0.277 e. The molecule has 1 atom stereocenters. The molecule has 2 heterocycles. The molecule has 0 spiro atoms. The van der Waals surface area contributed by atoms with Gasteiger partial charge in [-0.05, 0) is 31.2 Å². The molecule has 0 saturated heterocycles. The maximum absolute atomic E-state index is 10.7. The zero-order chi connectivity index (χ0) is 19.5. The molecule has 0 amide bonds. The van der Waals surface area contributed by atoms with Crippen LogP contribution in [-0.2, 0) is 0 Å². The van der Waals surface area contributed by atoms with Gasteiger partial charge in [0.05, 0.1) is 10.2 Å². The summed E-state index contributed by atoms with van der Waals surface area (Å²) in [6, 6.07) is 15.4. The van der Waals surface area contributed by atoms with Crippen molar-refractivity contribution in [2.75, 3.05) is 0 Å². The van der Waals surface area contributed by atoms with Crippen molar-refractivity contribution >= 4 is 17.4 Å². The SMILES string of the molecule is CC(Sc1nnc(-c2ccccc2)o1)c1nnc(-c2ccc([N+](=O)[O-])cc2)o1. The van der Waals surface area contributed by atoms with Gasteiger partial charge in [0.15, 0.2) is 0 Å². The van der Waals surface area contributed by atoms with Crippen LogP contribution in [0.4, 0.5) is 5.69 Å². The molecule has 4 rings (SSSR count). The summed E-state index contributed by atoms with van der Waals surface area (Å²) in [6.07, 6.45) is 0. The van der Waals surface area contributed by atoms with Crippen molar-refractivity contribution in [3.05, 3.63) is 70.6 Å². The summed E-state index contributed by atoms with van der Waals surface area (Å²) in [7, 11) is 0. The molecule has 4 aromatic rings. The normalized spacial score (nSPS) is 12.0. The molecule has 0 N–H and O–H groups in total. The molecule has 140 valence electrons. The van der Waals surface area contributed by atoms with Crippen molar-refractivity contribution < 1.29 is 13.8 Å². The Kier molecular flexibility index (Phi) is 4.85. The standard InChI is InChI=1S/C18H13N5O4S/c1-11(28-18-22-21-17(27-18)12-5-3-2-4-6-12)15-19-20-16(26-15)13-7-9-14(10-8-13)23(24)25/h2-11H,1H3. The molecule has 0 saturated carbocycles. The van der Waals surface area contributed by atoms with Gasteiger partial charge in [0, 0.05) is 23.3 Å². The Labute approximate surface area is 163 Å². The van der Waals surface area contributed by atoms with Crippen LogP contribution in [0.1, 0.15) is 18.1 Å². The van der Waals surface area contributed by atoms with Crippen LogP contribution in [0.15, 0.2) is 68.7 Å². The number of nitrogens with zero attached hydrogens (tertiary/aromatic N) is 5. The van der Waals surface area contributed by atoms with Crippen LogP contribution < -0.4 is 0 Å². The van der Waals surface area contributed by atoms with Crippen molar-refractivity contribution in [2.45, 2.75) is 17.4 Å². The van der Waals surface area contributed by atoms with E-state index in [0.29, 0.717) is 22.6 Å². The Morgan fingerprint density at radius 2 is 1.54 bits per heavy atom. The number of non-ortho nitro benzene ring substituents is 1. The van der Waals surface area contributed by atoms with Gasteiger partial charge in [-0.15, -0.1) is 20.4 Å². The van der Waals surface area contributed by atoms with Crippen molar-refractivity contribution in [3.63, 3.8) is 0 Å². The summed E-state index contributed by atoms with van der Waals surface area (Å²) < 4.78 is 11.4. The van der Waals surface area contributed by atoms with Crippen LogP contribution >= 0.6 is 11.8 Å². The first-order chi connectivity index (χ1) is 13.6. The molecular weight excluding hydrogens is 382 g/mol. The largest absolute Gasteiger partial charge is 0.419 e. The van der Waals surface area contributed by atoms with E-state index < -0.39 is 4.92 Å². The highest BCUT2D eigenvalue weighted by Crippen LogP contribution is 2.35. The zero-order valence-electron chi connectivity index (χ0n) is 14.6. The summed E-state index contributed by atoms with van der Waals surface area (Å²) in [5.41, 5.74) is 1.44. The van der Waals surface area contributed by atoms with E-state index in [1.807, 2.05) is 37.3 Å². The summed E-state index contributed by atoms with van der Waals surface area (Å²) in [5, 5.41) is 27.1. The molecule has 0 radical (unpaired) electrons. The number of nitro benzene ring substituents is 1. The molecule has 9 nitrogen and oxygen atoms in total. The zero-order valence-corrected chi connectivity index (χ0v) is 15.4. The van der Waals surface area contributed by atoms with Gasteiger partial charge in [0.2, 0.25) is 17.7 Å². The third-order valence-corrected chi connectivity index (χ3v) is 4.74. The molecular formula is C18H13N5O4S. The average molecular weight is 395 g/mol. The summed E-state index contributed by atoms with van der Waals surface area (Å²) in [4.78, 5) is 10.3. The quantitative estimate of drug-likeness (QED) is 0.263. The molecule has 2 aromatic heterocycles. The lowest BCUT2D eigenvalue weighted by Gasteiger charge is -2.01. The van der Waals surface area contributed by atoms with E-state index in [1.165, 1.54) is 23.9 Å². The van der Waals surface area contributed by atoms with E-state index in [4.69, 9.17) is 8.83 Å². The number of benzene rings is 2. The highest BCUT2D eigenvalue weighted by molar-refractivity contribution is 7.99. The summed E-state index contributed by atoms with van der Waals surface area (Å²) in [5.74, 6) is 1.11. The van der Waals surface area contributed by atoms with Crippen molar-refractivity contribution in [1.82, 2.24) is 20.4 Å². The number of thioether (sulfide) groups is 1. The van der Waals surface area contributed by atoms with E-state index in [9.17, 15) is 10.1 Å². The number of aromatic nitrogens is 4. The fraction of sp³-hybridized carbons (Fsp3) is 0.111. The third kappa shape index (κ3) is 3.76. The van der Waals surface area contributed by atoms with Crippen LogP contribution in [0.2, 0.25) is 0 Å². The first-order valence-corrected chi connectivity index (χ1v) is 9.12. The van der Waals surface area contributed by atoms with Crippen molar-refractivity contribution in [1.29, 1.82) is 0 Å². The minimum Gasteiger partial charge on any atom is -0.419 e. The Morgan fingerprint density at radius 3 is 2.25 bits per heavy atom. The van der Waals surface area contributed by atoms with Gasteiger partial charge in [0.25, 0.3) is 10.9 Å². The predicted molar refractivity (Wildman–Crippen MR) is 100 cm³/mol. The van der Waals surface area contributed by atoms with E-state index in [1.54, 1.807) is 12.1 Å². The van der Waals surface area contributed by atoms with Gasteiger partial charge in [-0.25, -0.2) is 0 Å². The van der Waals surface area contributed by atoms with E-state index in [-0.39, 0.29) is 16.8 Å². The Bertz CT molecular complexity index is 1090. The van der Waals surface area contributed by atoms with Crippen LogP contribution in [0.25, 0.3) is 22.9 Å². The minimum absolute atomic E-state index is 0.00183. The lowest BCUT2D eigenvalue weighted by atomic mass is 10.2. The summed E-state index contributed by atoms with van der Waals surface area (Å²) >= 11 is 1.30. The van der Waals surface area contributed by atoms with E-state index >= 15 is 0 Å². The van der Waals surface area contributed by atoms with Crippen LogP contribution in [0.3, 0.4) is 0 Å². The molecule has 0 aliphatic carbocycles. The number of rotatable bonds is 6. The second-order valence-electron chi connectivity index (χ2n) is 5.75. The summed E-state index contributed by atoms with van der Waals surface area (Å²) in [6.45, 7) is 1.88. The number of hydrogen-bond acceptors (Lipinski definition) is 9. The van der Waals surface area contributed by atoms with Crippen molar-refractivity contribution in [2.24, 2.45) is 0 Å². The Balaban J connectivity index is 1.47. The lowest BCUT2D eigenvalue weighted by molar-refractivity contribution is -0.384. The van der Waals surface area contributed by atoms with Gasteiger partial charge < -0.3 is 8.83 Å². The molecule has 2 aromatic carbocycles. The second-order valence-corrected chi connectivity index (χ2v) is 7.04. The van der Waals surface area contributed by atoms with Crippen molar-refractivity contribution in [3.8, 4) is 22.9 Å². The number of nitro groups is 1. The van der Waals surface area contributed by atoms with Gasteiger partial charge in [0.1, 0.15) is 0 Å². The van der Waals surface area contributed by atoms with Gasteiger partial charge in [-0.2, -0.15) is 0 Å². The molecule has 28 heavy (non-hydrogen) atoms. The first-order valence-electron chi connectivity index (χ1n) is 8.24. The highest BCUT2D eigenvalue weighted by atomic mass is 32.2. The Morgan fingerprint density at radius 1 is 0.893 bits per heavy atom. The maximum Gasteiger partial charge on any atom is 0.277 e. The number of hydrogen-bond donors (Lipinski definition) is 0. The van der Waals surface area contributed by atoms with E-state index in [2.05, 4.69) is 20.4 Å². The molecule has 10 heteroatoms. The molecule has 0 aliphatic heterocycles. The fourth-order valence-corrected chi connectivity index (χ4v) is 3.11. The first kappa shape index (κ1) is 17.9. The van der Waals surface area contributed by atoms with E-state index in [0.717, 1.165) is 5.56 Å². The second kappa shape index (κ2) is 7.61. The highest BCUT2D eigenvalue weighted by Gasteiger charge is 2.20. The fourth-order valence-electron chi connectivity index (χ4n) is 2.40. The minimum atomic E-state index is -0.462. The Hall–Kier alpha value is -3.53. The monoisotopic (exact) mass is 395 g/mol. The molecule has 0 bridgehead atoms. The van der Waals surface area contributed by atoms with Crippen LogP contribution in [0.5, 0.6) is 0 Å². The predicted octanol–water partition coefficient (Wildman–Crippen LogP) is 4.55.